The zero-order valence-electron chi connectivity index (χ0n) is 11.8. The second-order valence-corrected chi connectivity index (χ2v) is 5.11. The van der Waals surface area contributed by atoms with Crippen molar-refractivity contribution < 1.29 is 4.74 Å². The van der Waals surface area contributed by atoms with Gasteiger partial charge in [-0.2, -0.15) is 4.98 Å². The first-order valence-electron chi connectivity index (χ1n) is 6.26. The molecule has 118 valence electrons. The van der Waals surface area contributed by atoms with Crippen molar-refractivity contribution in [3.05, 3.63) is 64.3 Å². The average Bonchev–Trinajstić information content (AvgIpc) is 2.50. The Labute approximate surface area is 147 Å². The van der Waals surface area contributed by atoms with Crippen LogP contribution >= 0.6 is 34.8 Å². The molecule has 3 heterocycles. The minimum Gasteiger partial charge on any atom is -0.437 e. The van der Waals surface area contributed by atoms with Gasteiger partial charge in [0, 0.05) is 24.2 Å². The van der Waals surface area contributed by atoms with Gasteiger partial charge >= 0.3 is 0 Å². The third-order valence-electron chi connectivity index (χ3n) is 2.30. The topological polar surface area (TPSA) is 73.7 Å². The minimum atomic E-state index is 0.160. The second-order valence-electron chi connectivity index (χ2n) is 4.05. The average molecular weight is 371 g/mol. The first-order valence-corrected chi connectivity index (χ1v) is 7.39. The Morgan fingerprint density at radius 3 is 2.04 bits per heavy atom. The van der Waals surface area contributed by atoms with Crippen LogP contribution < -0.4 is 4.74 Å². The summed E-state index contributed by atoms with van der Waals surface area (Å²) in [4.78, 5) is 18.9. The molecule has 9 heteroatoms. The molecule has 0 unspecified atom stereocenters. The zero-order valence-corrected chi connectivity index (χ0v) is 14.1. The lowest BCUT2D eigenvalue weighted by atomic mass is 10.4. The molecule has 0 fully saturated rings. The van der Waals surface area contributed by atoms with Crippen LogP contribution in [0.3, 0.4) is 0 Å². The van der Waals surface area contributed by atoms with Crippen LogP contribution in [0, 0.1) is 6.92 Å². The summed E-state index contributed by atoms with van der Waals surface area (Å²) in [6, 6.07) is 6.87. The quantitative estimate of drug-likeness (QED) is 0.491. The van der Waals surface area contributed by atoms with Crippen molar-refractivity contribution in [3.8, 4) is 11.6 Å². The van der Waals surface area contributed by atoms with Gasteiger partial charge in [-0.25, -0.2) is 15.0 Å². The number of nitrogens with zero attached hydrogens (tertiary/aromatic N) is 5. The molecule has 23 heavy (non-hydrogen) atoms. The van der Waals surface area contributed by atoms with Gasteiger partial charge in [0.2, 0.25) is 16.4 Å². The summed E-state index contributed by atoms with van der Waals surface area (Å²) in [5.74, 6) is 1.02. The molecule has 0 amide bonds. The molecule has 3 aromatic heterocycles. The second kappa shape index (κ2) is 8.57. The highest BCUT2D eigenvalue weighted by atomic mass is 35.5. The maximum Gasteiger partial charge on any atom is 0.225 e. The van der Waals surface area contributed by atoms with Gasteiger partial charge in [0.1, 0.15) is 10.9 Å². The van der Waals surface area contributed by atoms with E-state index >= 15 is 0 Å². The molecule has 0 saturated heterocycles. The van der Waals surface area contributed by atoms with Crippen LogP contribution in [-0.2, 0) is 0 Å². The summed E-state index contributed by atoms with van der Waals surface area (Å²) in [7, 11) is 0. The van der Waals surface area contributed by atoms with Crippen LogP contribution in [0.1, 0.15) is 5.69 Å². The van der Waals surface area contributed by atoms with Crippen molar-refractivity contribution >= 4 is 34.8 Å². The molecule has 0 bridgehead atoms. The van der Waals surface area contributed by atoms with Crippen LogP contribution in [-0.4, -0.2) is 24.9 Å². The molecule has 0 N–H and O–H groups in total. The van der Waals surface area contributed by atoms with E-state index in [4.69, 9.17) is 39.5 Å². The molecule has 6 nitrogen and oxygen atoms in total. The van der Waals surface area contributed by atoms with E-state index in [1.165, 1.54) is 12.4 Å². The third-order valence-corrected chi connectivity index (χ3v) is 2.87. The van der Waals surface area contributed by atoms with Crippen LogP contribution in [0.15, 0.2) is 42.9 Å². The predicted molar refractivity (Wildman–Crippen MR) is 88.1 cm³/mol. The van der Waals surface area contributed by atoms with E-state index < -0.39 is 0 Å². The van der Waals surface area contributed by atoms with Crippen molar-refractivity contribution in [1.82, 2.24) is 24.9 Å². The van der Waals surface area contributed by atoms with Crippen molar-refractivity contribution in [2.45, 2.75) is 6.92 Å². The Morgan fingerprint density at radius 2 is 1.52 bits per heavy atom. The normalized spacial score (nSPS) is 9.74. The van der Waals surface area contributed by atoms with Crippen molar-refractivity contribution in [1.29, 1.82) is 0 Å². The molecule has 0 saturated carbocycles. The van der Waals surface area contributed by atoms with Gasteiger partial charge in [0.05, 0.1) is 6.20 Å². The van der Waals surface area contributed by atoms with E-state index in [0.29, 0.717) is 16.8 Å². The standard InChI is InChI=1S/C10H8ClN3O.C4H2Cl2N2/c1-7-2-3-8(6-13-7)15-9-4-5-12-10(11)14-9;5-3-1-2-7-4(6)8-3/h2-6H,1H3;1-2H. The fraction of sp³-hybridized carbons (Fsp3) is 0.0714. The number of pyridine rings is 1. The van der Waals surface area contributed by atoms with Crippen LogP contribution in [0.4, 0.5) is 0 Å². The van der Waals surface area contributed by atoms with E-state index in [1.54, 1.807) is 18.3 Å². The van der Waals surface area contributed by atoms with E-state index in [1.807, 2.05) is 19.1 Å². The maximum absolute atomic E-state index is 5.62. The van der Waals surface area contributed by atoms with Crippen LogP contribution in [0.25, 0.3) is 0 Å². The van der Waals surface area contributed by atoms with Gasteiger partial charge in [-0.1, -0.05) is 11.6 Å². The summed E-state index contributed by atoms with van der Waals surface area (Å²) in [6.45, 7) is 1.91. The third kappa shape index (κ3) is 6.32. The number of ether oxygens (including phenoxy) is 1. The molecule has 3 aromatic rings. The highest BCUT2D eigenvalue weighted by molar-refractivity contribution is 6.31. The Hall–Kier alpha value is -2.02. The predicted octanol–water partition coefficient (Wildman–Crippen LogP) is 4.41. The Balaban J connectivity index is 0.000000203. The van der Waals surface area contributed by atoms with Gasteiger partial charge in [-0.15, -0.1) is 0 Å². The maximum atomic E-state index is 5.62. The van der Waals surface area contributed by atoms with Crippen molar-refractivity contribution in [2.24, 2.45) is 0 Å². The first-order chi connectivity index (χ1) is 11.0. The molecule has 0 aromatic carbocycles. The fourth-order valence-electron chi connectivity index (χ4n) is 1.33. The molecule has 0 aliphatic carbocycles. The van der Waals surface area contributed by atoms with Gasteiger partial charge < -0.3 is 4.74 Å². The molecular weight excluding hydrogens is 361 g/mol. The van der Waals surface area contributed by atoms with E-state index in [0.717, 1.165) is 5.69 Å². The molecule has 0 aliphatic heterocycles. The SMILES string of the molecule is Cc1ccc(Oc2ccnc(Cl)n2)cn1.Clc1ccnc(Cl)n1. The largest absolute Gasteiger partial charge is 0.437 e. The number of hydrogen-bond acceptors (Lipinski definition) is 6. The zero-order chi connectivity index (χ0) is 16.7. The lowest BCUT2D eigenvalue weighted by molar-refractivity contribution is 0.459. The molecule has 0 spiro atoms. The number of halogens is 3. The lowest BCUT2D eigenvalue weighted by Crippen LogP contribution is -1.90. The summed E-state index contributed by atoms with van der Waals surface area (Å²) < 4.78 is 5.42. The van der Waals surface area contributed by atoms with Gasteiger partial charge in [0.15, 0.2) is 0 Å². The molecular formula is C14H10Cl3N5O. The monoisotopic (exact) mass is 369 g/mol. The highest BCUT2D eigenvalue weighted by Gasteiger charge is 1.99. The fourth-order valence-corrected chi connectivity index (χ4v) is 1.79. The molecule has 0 radical (unpaired) electrons. The number of rotatable bonds is 2. The Morgan fingerprint density at radius 1 is 0.826 bits per heavy atom. The molecule has 0 atom stereocenters. The summed E-state index contributed by atoms with van der Waals surface area (Å²) in [6.07, 6.45) is 4.66. The van der Waals surface area contributed by atoms with Crippen LogP contribution in [0.2, 0.25) is 15.7 Å². The lowest BCUT2D eigenvalue weighted by Gasteiger charge is -2.03. The van der Waals surface area contributed by atoms with E-state index in [-0.39, 0.29) is 10.6 Å². The Bertz CT molecular complexity index is 753. The van der Waals surface area contributed by atoms with Crippen molar-refractivity contribution in [3.63, 3.8) is 0 Å². The highest BCUT2D eigenvalue weighted by Crippen LogP contribution is 2.18. The molecule has 0 aliphatic rings. The van der Waals surface area contributed by atoms with Crippen molar-refractivity contribution in [2.75, 3.05) is 0 Å². The van der Waals surface area contributed by atoms with Gasteiger partial charge in [-0.05, 0) is 48.3 Å². The van der Waals surface area contributed by atoms with E-state index in [2.05, 4.69) is 24.9 Å². The first kappa shape index (κ1) is 17.3. The molecule has 3 rings (SSSR count). The summed E-state index contributed by atoms with van der Waals surface area (Å²) >= 11 is 16.4. The van der Waals surface area contributed by atoms with Gasteiger partial charge in [0.25, 0.3) is 0 Å². The van der Waals surface area contributed by atoms with E-state index in [9.17, 15) is 0 Å². The summed E-state index contributed by atoms with van der Waals surface area (Å²) in [5.41, 5.74) is 0.933. The van der Waals surface area contributed by atoms with Gasteiger partial charge in [-0.3, -0.25) is 4.98 Å². The summed E-state index contributed by atoms with van der Waals surface area (Å²) in [5, 5.41) is 0.704. The Kier molecular flexibility index (Phi) is 6.46. The minimum absolute atomic E-state index is 0.160. The number of aromatic nitrogens is 5. The number of aryl methyl sites for hydroxylation is 1. The number of hydrogen-bond donors (Lipinski definition) is 0. The van der Waals surface area contributed by atoms with Crippen LogP contribution in [0.5, 0.6) is 11.6 Å². The smallest absolute Gasteiger partial charge is 0.225 e.